The van der Waals surface area contributed by atoms with Gasteiger partial charge in [0.2, 0.25) is 0 Å². The van der Waals surface area contributed by atoms with Gasteiger partial charge in [-0.3, -0.25) is 19.5 Å². The van der Waals surface area contributed by atoms with Crippen molar-refractivity contribution in [2.45, 2.75) is 39.0 Å². The maximum Gasteiger partial charge on any atom is 0.264 e. The number of nitrogens with zero attached hydrogens (tertiary/aromatic N) is 2. The normalized spacial score (nSPS) is 10.5. The fourth-order valence-electron chi connectivity index (χ4n) is 3.70. The van der Waals surface area contributed by atoms with Gasteiger partial charge in [0.05, 0.1) is 18.3 Å². The fourth-order valence-corrected chi connectivity index (χ4v) is 4.94. The molecule has 0 bridgehead atoms. The number of hydrogen-bond acceptors (Lipinski definition) is 6. The Balaban J connectivity index is 0.00000186. The zero-order valence-corrected chi connectivity index (χ0v) is 22.3. The van der Waals surface area contributed by atoms with Gasteiger partial charge in [-0.15, -0.1) is 0 Å². The Bertz CT molecular complexity index is 1600. The van der Waals surface area contributed by atoms with Gasteiger partial charge in [0.1, 0.15) is 16.3 Å². The highest BCUT2D eigenvalue weighted by molar-refractivity contribution is 7.93. The summed E-state index contributed by atoms with van der Waals surface area (Å²) < 4.78 is 34.7. The summed E-state index contributed by atoms with van der Waals surface area (Å²) >= 11 is 0. The maximum absolute atomic E-state index is 13.3. The molecule has 0 aliphatic heterocycles. The van der Waals surface area contributed by atoms with E-state index in [0.29, 0.717) is 45.6 Å². The highest BCUT2D eigenvalue weighted by atomic mass is 32.2. The third-order valence-corrected chi connectivity index (χ3v) is 6.79. The minimum absolute atomic E-state index is 0.0354. The molecule has 7 nitrogen and oxygen atoms in total. The van der Waals surface area contributed by atoms with E-state index in [9.17, 15) is 13.2 Å². The molecule has 0 fully saturated rings. The Kier molecular flexibility index (Phi) is 8.99. The lowest BCUT2D eigenvalue weighted by molar-refractivity contribution is 0.101. The number of Topliss-reactive ketones (excluding diaryl/α,β-unsaturated/α-hetero) is 1. The summed E-state index contributed by atoms with van der Waals surface area (Å²) in [6, 6.07) is 15.3. The Morgan fingerprint density at radius 3 is 2.49 bits per heavy atom. The maximum atomic E-state index is 13.3. The van der Waals surface area contributed by atoms with Crippen molar-refractivity contribution in [2.24, 2.45) is 0 Å². The molecule has 0 spiro atoms. The number of para-hydroxylation sites is 1. The first-order valence-corrected chi connectivity index (χ1v) is 13.4. The largest absolute Gasteiger partial charge is 0.496 e. The summed E-state index contributed by atoms with van der Waals surface area (Å²) in [6.45, 7) is 7.43. The Morgan fingerprint density at radius 2 is 1.78 bits per heavy atom. The van der Waals surface area contributed by atoms with Crippen molar-refractivity contribution in [2.75, 3.05) is 11.8 Å². The van der Waals surface area contributed by atoms with Crippen molar-refractivity contribution in [3.05, 3.63) is 89.4 Å². The van der Waals surface area contributed by atoms with Crippen LogP contribution >= 0.6 is 0 Å². The van der Waals surface area contributed by atoms with Crippen LogP contribution in [0.2, 0.25) is 0 Å². The summed E-state index contributed by atoms with van der Waals surface area (Å²) in [4.78, 5) is 20.3. The summed E-state index contributed by atoms with van der Waals surface area (Å²) in [6.07, 6.45) is 3.73. The first-order valence-electron chi connectivity index (χ1n) is 11.9. The molecule has 37 heavy (non-hydrogen) atoms. The molecular formula is C29H29N3O4S. The van der Waals surface area contributed by atoms with E-state index >= 15 is 0 Å². The molecule has 0 atom stereocenters. The van der Waals surface area contributed by atoms with Gasteiger partial charge >= 0.3 is 0 Å². The standard InChI is InChI=1S/C27H23N3O4S.C2H6/c1-4-20-16-19(17-29-26(20)18(2)31)11-12-21-8-5-6-10-23(21)30-35(32,33)25-14-13-24(34-3)22-9-7-15-28-27(22)25;1-2/h5-10,13-17,30H,4H2,1-3H3;1-2H3. The van der Waals surface area contributed by atoms with Crippen molar-refractivity contribution >= 4 is 32.4 Å². The van der Waals surface area contributed by atoms with E-state index in [0.717, 1.165) is 5.56 Å². The van der Waals surface area contributed by atoms with Crippen LogP contribution in [0.4, 0.5) is 5.69 Å². The molecule has 0 aliphatic carbocycles. The van der Waals surface area contributed by atoms with Crippen LogP contribution in [0, 0.1) is 11.8 Å². The molecule has 0 amide bonds. The molecule has 2 aromatic carbocycles. The molecule has 0 saturated heterocycles. The third-order valence-electron chi connectivity index (χ3n) is 5.40. The van der Waals surface area contributed by atoms with Crippen LogP contribution in [0.5, 0.6) is 5.75 Å². The van der Waals surface area contributed by atoms with Gasteiger partial charge in [0.15, 0.2) is 5.78 Å². The highest BCUT2D eigenvalue weighted by Crippen LogP contribution is 2.30. The van der Waals surface area contributed by atoms with Gasteiger partial charge in [-0.25, -0.2) is 8.42 Å². The SMILES string of the molecule is CC.CCc1cc(C#Cc2ccccc2NS(=O)(=O)c2ccc(OC)c3cccnc23)cnc1C(C)=O. The van der Waals surface area contributed by atoms with Gasteiger partial charge in [0, 0.05) is 35.8 Å². The van der Waals surface area contributed by atoms with Crippen molar-refractivity contribution < 1.29 is 17.9 Å². The first kappa shape index (κ1) is 27.4. The van der Waals surface area contributed by atoms with E-state index in [4.69, 9.17) is 4.74 Å². The van der Waals surface area contributed by atoms with E-state index < -0.39 is 10.0 Å². The number of pyridine rings is 2. The summed E-state index contributed by atoms with van der Waals surface area (Å²) in [5, 5.41) is 0.596. The monoisotopic (exact) mass is 515 g/mol. The lowest BCUT2D eigenvalue weighted by atomic mass is 10.1. The van der Waals surface area contributed by atoms with Crippen LogP contribution in [0.25, 0.3) is 10.9 Å². The number of benzene rings is 2. The number of fused-ring (bicyclic) bond motifs is 1. The molecule has 2 heterocycles. The number of ketones is 1. The van der Waals surface area contributed by atoms with E-state index in [1.54, 1.807) is 48.7 Å². The lowest BCUT2D eigenvalue weighted by Crippen LogP contribution is -2.14. The van der Waals surface area contributed by atoms with Gasteiger partial charge < -0.3 is 4.74 Å². The van der Waals surface area contributed by atoms with Crippen LogP contribution in [0.15, 0.2) is 71.9 Å². The molecule has 190 valence electrons. The van der Waals surface area contributed by atoms with Crippen LogP contribution in [0.3, 0.4) is 0 Å². The lowest BCUT2D eigenvalue weighted by Gasteiger charge is -2.13. The zero-order valence-electron chi connectivity index (χ0n) is 21.5. The minimum Gasteiger partial charge on any atom is -0.496 e. The highest BCUT2D eigenvalue weighted by Gasteiger charge is 2.21. The van der Waals surface area contributed by atoms with Crippen LogP contribution in [-0.2, 0) is 16.4 Å². The smallest absolute Gasteiger partial charge is 0.264 e. The number of ether oxygens (including phenoxy) is 1. The van der Waals surface area contributed by atoms with E-state index in [1.165, 1.54) is 26.3 Å². The van der Waals surface area contributed by atoms with Crippen molar-refractivity contribution in [3.63, 3.8) is 0 Å². The Morgan fingerprint density at radius 1 is 1.03 bits per heavy atom. The average molecular weight is 516 g/mol. The van der Waals surface area contributed by atoms with E-state index in [1.807, 2.05) is 26.8 Å². The van der Waals surface area contributed by atoms with Gasteiger partial charge in [-0.1, -0.05) is 44.7 Å². The molecule has 0 saturated carbocycles. The predicted octanol–water partition coefficient (Wildman–Crippen LogP) is 5.63. The number of methoxy groups -OCH3 is 1. The molecule has 0 unspecified atom stereocenters. The molecular weight excluding hydrogens is 486 g/mol. The number of aryl methyl sites for hydroxylation is 1. The van der Waals surface area contributed by atoms with Crippen molar-refractivity contribution in [1.29, 1.82) is 0 Å². The Labute approximate surface area is 218 Å². The number of sulfonamides is 1. The molecule has 4 aromatic rings. The summed E-state index contributed by atoms with van der Waals surface area (Å²) in [5.41, 5.74) is 3.03. The summed E-state index contributed by atoms with van der Waals surface area (Å²) in [7, 11) is -2.46. The number of anilines is 1. The first-order chi connectivity index (χ1) is 17.8. The Hall–Kier alpha value is -4.22. The molecule has 4 rings (SSSR count). The van der Waals surface area contributed by atoms with Gasteiger partial charge in [-0.2, -0.15) is 0 Å². The second kappa shape index (κ2) is 12.2. The molecule has 0 radical (unpaired) electrons. The topological polar surface area (TPSA) is 98.2 Å². The second-order valence-corrected chi connectivity index (χ2v) is 9.36. The molecule has 0 aliphatic rings. The fraction of sp³-hybridized carbons (Fsp3) is 0.207. The van der Waals surface area contributed by atoms with E-state index in [-0.39, 0.29) is 10.7 Å². The number of nitrogens with one attached hydrogen (secondary N) is 1. The quantitative estimate of drug-likeness (QED) is 0.264. The average Bonchev–Trinajstić information content (AvgIpc) is 2.92. The number of aromatic nitrogens is 2. The van der Waals surface area contributed by atoms with Crippen molar-refractivity contribution in [3.8, 4) is 17.6 Å². The van der Waals surface area contributed by atoms with Crippen molar-refractivity contribution in [1.82, 2.24) is 9.97 Å². The van der Waals surface area contributed by atoms with Gasteiger partial charge in [0.25, 0.3) is 10.0 Å². The van der Waals surface area contributed by atoms with Crippen LogP contribution < -0.4 is 9.46 Å². The van der Waals surface area contributed by atoms with E-state index in [2.05, 4.69) is 26.5 Å². The number of carbonyl (C=O) groups excluding carboxylic acids is 1. The molecule has 2 aromatic heterocycles. The van der Waals surface area contributed by atoms with Gasteiger partial charge in [-0.05, 0) is 54.4 Å². The summed E-state index contributed by atoms with van der Waals surface area (Å²) in [5.74, 6) is 6.49. The number of rotatable bonds is 6. The predicted molar refractivity (Wildman–Crippen MR) is 146 cm³/mol. The van der Waals surface area contributed by atoms with Crippen LogP contribution in [0.1, 0.15) is 54.9 Å². The number of hydrogen-bond donors (Lipinski definition) is 1. The molecule has 8 heteroatoms. The molecule has 1 N–H and O–H groups in total. The van der Waals surface area contributed by atoms with Crippen LogP contribution in [-0.4, -0.2) is 31.3 Å². The minimum atomic E-state index is -3.98. The number of carbonyl (C=O) groups is 1. The second-order valence-electron chi connectivity index (χ2n) is 7.71. The third kappa shape index (κ3) is 6.13. The zero-order chi connectivity index (χ0) is 27.0.